The highest BCUT2D eigenvalue weighted by Gasteiger charge is 2.49. The van der Waals surface area contributed by atoms with Crippen molar-refractivity contribution in [3.8, 4) is 5.75 Å². The van der Waals surface area contributed by atoms with Gasteiger partial charge in [0.25, 0.3) is 11.8 Å². The van der Waals surface area contributed by atoms with Gasteiger partial charge in [-0.25, -0.2) is 4.79 Å². The lowest BCUT2D eigenvalue weighted by Crippen LogP contribution is -2.63. The quantitative estimate of drug-likeness (QED) is 0.147. The van der Waals surface area contributed by atoms with Crippen LogP contribution in [0.15, 0.2) is 52.9 Å². The summed E-state index contributed by atoms with van der Waals surface area (Å²) in [7, 11) is 0. The number of nitrogens with one attached hydrogen (secondary N) is 1. The fraction of sp³-hybridized carbons (Fsp3) is 0.250. The molecule has 33 heavy (non-hydrogen) atoms. The molecule has 170 valence electrons. The molecule has 0 spiro atoms. The van der Waals surface area contributed by atoms with Gasteiger partial charge in [-0.1, -0.05) is 18.2 Å². The molecule has 1 aliphatic heterocycles. The summed E-state index contributed by atoms with van der Waals surface area (Å²) in [5.41, 5.74) is 5.49. The Balaban J connectivity index is 1.40. The first kappa shape index (κ1) is 22.2. The summed E-state index contributed by atoms with van der Waals surface area (Å²) in [5, 5.41) is 9.18. The Labute approximate surface area is 189 Å². The maximum Gasteiger partial charge on any atom is 0.379 e. The number of amidine groups is 1. The topological polar surface area (TPSA) is 136 Å². The number of nitrogens with two attached hydrogens (primary N) is 1. The number of hydrogen-bond acceptors (Lipinski definition) is 7. The molecule has 0 aliphatic carbocycles. The molecule has 3 aromatic rings. The number of nitrogens with zero attached hydrogens (tertiary/aromatic N) is 1. The number of benzene rings is 2. The van der Waals surface area contributed by atoms with Gasteiger partial charge in [-0.05, 0) is 61.9 Å². The Morgan fingerprint density at radius 1 is 1.06 bits per heavy atom. The van der Waals surface area contributed by atoms with E-state index in [1.54, 1.807) is 57.2 Å². The molecular weight excluding hydrogens is 426 g/mol. The second-order valence-electron chi connectivity index (χ2n) is 8.67. The maximum absolute atomic E-state index is 12.5. The summed E-state index contributed by atoms with van der Waals surface area (Å²) >= 11 is 0. The van der Waals surface area contributed by atoms with Crippen LogP contribution in [-0.2, 0) is 20.9 Å². The number of rotatable bonds is 6. The van der Waals surface area contributed by atoms with Crippen molar-refractivity contribution in [2.75, 3.05) is 0 Å². The molecule has 1 fully saturated rings. The van der Waals surface area contributed by atoms with Crippen molar-refractivity contribution in [2.24, 2.45) is 5.73 Å². The van der Waals surface area contributed by atoms with Gasteiger partial charge in [-0.2, -0.15) is 0 Å². The third-order valence-electron chi connectivity index (χ3n) is 4.96. The predicted molar refractivity (Wildman–Crippen MR) is 119 cm³/mol. The third kappa shape index (κ3) is 4.63. The van der Waals surface area contributed by atoms with Crippen molar-refractivity contribution in [3.63, 3.8) is 0 Å². The van der Waals surface area contributed by atoms with Gasteiger partial charge in [0.15, 0.2) is 0 Å². The first-order valence-corrected chi connectivity index (χ1v) is 10.2. The predicted octanol–water partition coefficient (Wildman–Crippen LogP) is 2.99. The molecule has 0 unspecified atom stereocenters. The first-order chi connectivity index (χ1) is 15.5. The van der Waals surface area contributed by atoms with Gasteiger partial charge in [0.2, 0.25) is 11.9 Å². The van der Waals surface area contributed by atoms with Crippen molar-refractivity contribution in [1.82, 2.24) is 4.90 Å². The number of carbonyl (C=O) groups is 3. The van der Waals surface area contributed by atoms with Crippen LogP contribution < -0.4 is 10.5 Å². The Kier molecular flexibility index (Phi) is 5.51. The van der Waals surface area contributed by atoms with Gasteiger partial charge < -0.3 is 19.6 Å². The summed E-state index contributed by atoms with van der Waals surface area (Å²) in [6.45, 7) is 5.20. The smallest absolute Gasteiger partial charge is 0.379 e. The molecule has 0 atom stereocenters. The highest BCUT2D eigenvalue weighted by molar-refractivity contribution is 6.20. The summed E-state index contributed by atoms with van der Waals surface area (Å²) in [4.78, 5) is 38.0. The Bertz CT molecular complexity index is 1270. The Morgan fingerprint density at radius 2 is 1.73 bits per heavy atom. The number of amides is 2. The molecule has 3 N–H and O–H groups in total. The molecular formula is C24H23N3O6. The van der Waals surface area contributed by atoms with E-state index in [-0.39, 0.29) is 23.9 Å². The van der Waals surface area contributed by atoms with Gasteiger partial charge >= 0.3 is 5.97 Å². The summed E-state index contributed by atoms with van der Waals surface area (Å²) < 4.78 is 16.3. The van der Waals surface area contributed by atoms with E-state index in [0.717, 1.165) is 15.7 Å². The number of ether oxygens (including phenoxy) is 2. The monoisotopic (exact) mass is 449 g/mol. The molecule has 1 aromatic heterocycles. The molecule has 2 aromatic carbocycles. The van der Waals surface area contributed by atoms with Crippen LogP contribution >= 0.6 is 0 Å². The number of nitrogen functional groups attached to an aromatic ring is 1. The van der Waals surface area contributed by atoms with Crippen molar-refractivity contribution in [1.29, 1.82) is 5.41 Å². The van der Waals surface area contributed by atoms with Crippen molar-refractivity contribution in [3.05, 3.63) is 65.6 Å². The number of fused-ring (bicyclic) bond motifs is 1. The first-order valence-electron chi connectivity index (χ1n) is 10.2. The summed E-state index contributed by atoms with van der Waals surface area (Å²) in [5.74, 6) is -1.10. The van der Waals surface area contributed by atoms with Crippen LogP contribution in [0.3, 0.4) is 0 Å². The molecule has 0 radical (unpaired) electrons. The zero-order valence-corrected chi connectivity index (χ0v) is 18.4. The summed E-state index contributed by atoms with van der Waals surface area (Å²) in [6, 6.07) is 13.3. The van der Waals surface area contributed by atoms with Crippen molar-refractivity contribution < 1.29 is 28.3 Å². The average molecular weight is 449 g/mol. The van der Waals surface area contributed by atoms with Crippen LogP contribution in [-0.4, -0.2) is 40.2 Å². The molecule has 9 nitrogen and oxygen atoms in total. The average Bonchev–Trinajstić information content (AvgIpc) is 3.23. The van der Waals surface area contributed by atoms with Crippen LogP contribution in [0.2, 0.25) is 0 Å². The Hall–Kier alpha value is -3.98. The Morgan fingerprint density at radius 3 is 2.39 bits per heavy atom. The largest absolute Gasteiger partial charge is 0.452 e. The lowest BCUT2D eigenvalue weighted by molar-refractivity contribution is -0.189. The standard InChI is InChI=1S/C24H23N3O6/c1-24(2,3)33-19-21(28)27(22(19)29)12-17-8-9-18(31-17)23(30)32-16-7-6-13-10-15(20(25)26)5-4-14(13)11-16/h4-11,19H,12H2,1-3H3,(H3,25,26). The number of esters is 1. The van der Waals surface area contributed by atoms with E-state index in [1.807, 2.05) is 0 Å². The molecule has 2 amide bonds. The molecule has 1 saturated heterocycles. The summed E-state index contributed by atoms with van der Waals surface area (Å²) in [6.07, 6.45) is -1.11. The van der Waals surface area contributed by atoms with Crippen LogP contribution in [0.5, 0.6) is 5.75 Å². The van der Waals surface area contributed by atoms with Gasteiger partial charge in [0.1, 0.15) is 17.3 Å². The molecule has 0 bridgehead atoms. The number of likely N-dealkylation sites (tertiary alicyclic amines) is 1. The molecule has 2 heterocycles. The minimum absolute atomic E-state index is 0.0279. The molecule has 1 aliphatic rings. The fourth-order valence-electron chi connectivity index (χ4n) is 3.38. The van der Waals surface area contributed by atoms with E-state index in [1.165, 1.54) is 12.1 Å². The minimum atomic E-state index is -1.11. The minimum Gasteiger partial charge on any atom is -0.452 e. The molecule has 9 heteroatoms. The highest BCUT2D eigenvalue weighted by atomic mass is 16.5. The van der Waals surface area contributed by atoms with Crippen molar-refractivity contribution >= 4 is 34.4 Å². The fourth-order valence-corrected chi connectivity index (χ4v) is 3.38. The number of β-lactam (4-membered cyclic amide) rings is 2. The van der Waals surface area contributed by atoms with E-state index >= 15 is 0 Å². The van der Waals surface area contributed by atoms with Crippen LogP contribution in [0.4, 0.5) is 0 Å². The van der Waals surface area contributed by atoms with Gasteiger partial charge in [0.05, 0.1) is 12.1 Å². The second kappa shape index (κ2) is 8.18. The highest BCUT2D eigenvalue weighted by Crippen LogP contribution is 2.26. The SMILES string of the molecule is CC(C)(C)OC1C(=O)N(Cc2ccc(C(=O)Oc3ccc4cc(C(=N)N)ccc4c3)o2)C1=O. The van der Waals surface area contributed by atoms with E-state index in [4.69, 9.17) is 25.0 Å². The third-order valence-corrected chi connectivity index (χ3v) is 4.96. The number of imide groups is 1. The van der Waals surface area contributed by atoms with Crippen LogP contribution in [0.1, 0.15) is 42.6 Å². The zero-order valence-electron chi connectivity index (χ0n) is 18.4. The lowest BCUT2D eigenvalue weighted by atomic mass is 10.1. The van der Waals surface area contributed by atoms with E-state index < -0.39 is 29.5 Å². The van der Waals surface area contributed by atoms with Gasteiger partial charge in [-0.3, -0.25) is 19.9 Å². The van der Waals surface area contributed by atoms with Gasteiger partial charge in [0, 0.05) is 5.56 Å². The second-order valence-corrected chi connectivity index (χ2v) is 8.67. The van der Waals surface area contributed by atoms with E-state index in [0.29, 0.717) is 11.3 Å². The van der Waals surface area contributed by atoms with E-state index in [9.17, 15) is 14.4 Å². The maximum atomic E-state index is 12.5. The van der Waals surface area contributed by atoms with Gasteiger partial charge in [-0.15, -0.1) is 0 Å². The number of furan rings is 1. The number of carbonyl (C=O) groups excluding carboxylic acids is 3. The van der Waals surface area contributed by atoms with Crippen LogP contribution in [0, 0.1) is 5.41 Å². The van der Waals surface area contributed by atoms with E-state index in [2.05, 4.69) is 0 Å². The zero-order chi connectivity index (χ0) is 23.9. The van der Waals surface area contributed by atoms with Crippen LogP contribution in [0.25, 0.3) is 10.8 Å². The molecule has 4 rings (SSSR count). The normalized spacial score (nSPS) is 14.5. The lowest BCUT2D eigenvalue weighted by Gasteiger charge is -2.38. The number of hydrogen-bond donors (Lipinski definition) is 2. The molecule has 0 saturated carbocycles. The van der Waals surface area contributed by atoms with Crippen molar-refractivity contribution in [2.45, 2.75) is 39.0 Å².